The van der Waals surface area contributed by atoms with Crippen molar-refractivity contribution in [1.29, 1.82) is 0 Å². The first kappa shape index (κ1) is 19.0. The zero-order valence-electron chi connectivity index (χ0n) is 17.3. The number of aryl methyl sites for hydroxylation is 2. The van der Waals surface area contributed by atoms with Crippen molar-refractivity contribution in [2.24, 2.45) is 5.92 Å². The Hall–Kier alpha value is -2.34. The second-order valence-corrected chi connectivity index (χ2v) is 8.26. The molecule has 0 saturated carbocycles. The molecule has 0 aliphatic carbocycles. The van der Waals surface area contributed by atoms with Gasteiger partial charge in [0.1, 0.15) is 12.3 Å². The molecular formula is C22H30N4O2. The third-order valence-corrected chi connectivity index (χ3v) is 6.47. The lowest BCUT2D eigenvalue weighted by atomic mass is 9.82. The Morgan fingerprint density at radius 1 is 1.21 bits per heavy atom. The minimum atomic E-state index is 0.174. The van der Waals surface area contributed by atoms with E-state index in [9.17, 15) is 4.79 Å². The van der Waals surface area contributed by atoms with E-state index in [1.807, 2.05) is 41.6 Å². The number of carbonyl (C=O) groups is 1. The monoisotopic (exact) mass is 382 g/mol. The third kappa shape index (κ3) is 3.53. The fourth-order valence-electron chi connectivity index (χ4n) is 4.99. The maximum Gasteiger partial charge on any atom is 0.244 e. The predicted molar refractivity (Wildman–Crippen MR) is 109 cm³/mol. The van der Waals surface area contributed by atoms with Gasteiger partial charge in [0, 0.05) is 43.2 Å². The van der Waals surface area contributed by atoms with Crippen molar-refractivity contribution in [1.82, 2.24) is 19.6 Å². The van der Waals surface area contributed by atoms with E-state index < -0.39 is 0 Å². The quantitative estimate of drug-likeness (QED) is 0.815. The Morgan fingerprint density at radius 3 is 2.61 bits per heavy atom. The van der Waals surface area contributed by atoms with E-state index in [4.69, 9.17) is 4.74 Å². The molecule has 6 nitrogen and oxygen atoms in total. The summed E-state index contributed by atoms with van der Waals surface area (Å²) in [4.78, 5) is 17.5. The summed E-state index contributed by atoms with van der Waals surface area (Å²) in [7, 11) is 3.91. The molecule has 0 unspecified atom stereocenters. The molecule has 2 saturated heterocycles. The molecule has 28 heavy (non-hydrogen) atoms. The summed E-state index contributed by atoms with van der Waals surface area (Å²) in [5, 5.41) is 4.45. The first-order valence-electron chi connectivity index (χ1n) is 10.1. The van der Waals surface area contributed by atoms with Gasteiger partial charge in [-0.3, -0.25) is 9.48 Å². The van der Waals surface area contributed by atoms with Gasteiger partial charge < -0.3 is 14.5 Å². The number of benzene rings is 1. The molecule has 0 radical (unpaired) electrons. The van der Waals surface area contributed by atoms with Gasteiger partial charge in [0.25, 0.3) is 0 Å². The van der Waals surface area contributed by atoms with Gasteiger partial charge in [-0.15, -0.1) is 0 Å². The molecule has 6 heteroatoms. The molecule has 2 fully saturated rings. The van der Waals surface area contributed by atoms with E-state index in [2.05, 4.69) is 29.2 Å². The van der Waals surface area contributed by atoms with Gasteiger partial charge in [-0.25, -0.2) is 0 Å². The van der Waals surface area contributed by atoms with E-state index in [0.717, 1.165) is 43.2 Å². The highest BCUT2D eigenvalue weighted by Gasteiger charge is 2.44. The predicted octanol–water partition coefficient (Wildman–Crippen LogP) is 2.45. The molecule has 4 rings (SSSR count). The number of carbonyl (C=O) groups excluding carboxylic acids is 1. The molecule has 3 heterocycles. The number of ether oxygens (including phenoxy) is 1. The van der Waals surface area contributed by atoms with Crippen LogP contribution >= 0.6 is 0 Å². The van der Waals surface area contributed by atoms with E-state index in [0.29, 0.717) is 24.4 Å². The second kappa shape index (κ2) is 7.59. The van der Waals surface area contributed by atoms with Crippen LogP contribution in [-0.2, 0) is 11.3 Å². The number of likely N-dealkylation sites (tertiary alicyclic amines) is 2. The van der Waals surface area contributed by atoms with Crippen molar-refractivity contribution >= 4 is 5.91 Å². The van der Waals surface area contributed by atoms with Crippen molar-refractivity contribution in [2.75, 3.05) is 33.8 Å². The minimum absolute atomic E-state index is 0.174. The van der Waals surface area contributed by atoms with Crippen LogP contribution in [0.2, 0.25) is 0 Å². The zero-order valence-corrected chi connectivity index (χ0v) is 17.3. The van der Waals surface area contributed by atoms with Gasteiger partial charge in [-0.1, -0.05) is 12.1 Å². The average molecular weight is 383 g/mol. The van der Waals surface area contributed by atoms with Crippen molar-refractivity contribution in [3.63, 3.8) is 0 Å². The highest BCUT2D eigenvalue weighted by molar-refractivity contribution is 5.76. The first-order valence-corrected chi connectivity index (χ1v) is 10.1. The first-order chi connectivity index (χ1) is 13.5. The summed E-state index contributed by atoms with van der Waals surface area (Å²) in [5.74, 6) is 1.98. The maximum atomic E-state index is 13.0. The largest absolute Gasteiger partial charge is 0.497 e. The van der Waals surface area contributed by atoms with Crippen LogP contribution in [0.4, 0.5) is 0 Å². The van der Waals surface area contributed by atoms with E-state index in [-0.39, 0.29) is 5.91 Å². The van der Waals surface area contributed by atoms with E-state index in [1.54, 1.807) is 7.11 Å². The molecule has 2 aliphatic heterocycles. The number of aromatic nitrogens is 2. The number of nitrogens with zero attached hydrogens (tertiary/aromatic N) is 4. The highest BCUT2D eigenvalue weighted by Crippen LogP contribution is 2.41. The van der Waals surface area contributed by atoms with E-state index >= 15 is 0 Å². The summed E-state index contributed by atoms with van der Waals surface area (Å²) in [6.45, 7) is 7.00. The van der Waals surface area contributed by atoms with Gasteiger partial charge in [0.05, 0.1) is 12.8 Å². The molecule has 0 bridgehead atoms. The molecule has 150 valence electrons. The number of methoxy groups -OCH3 is 1. The van der Waals surface area contributed by atoms with Crippen molar-refractivity contribution < 1.29 is 9.53 Å². The van der Waals surface area contributed by atoms with Crippen LogP contribution in [0.3, 0.4) is 0 Å². The third-order valence-electron chi connectivity index (χ3n) is 6.47. The topological polar surface area (TPSA) is 50.6 Å². The lowest BCUT2D eigenvalue weighted by Crippen LogP contribution is -2.48. The molecule has 0 N–H and O–H groups in total. The summed E-state index contributed by atoms with van der Waals surface area (Å²) < 4.78 is 7.13. The number of fused-ring (bicyclic) bond motifs is 1. The lowest BCUT2D eigenvalue weighted by molar-refractivity contribution is -0.134. The van der Waals surface area contributed by atoms with Gasteiger partial charge in [-0.05, 0) is 51.1 Å². The highest BCUT2D eigenvalue weighted by atomic mass is 16.5. The van der Waals surface area contributed by atoms with Crippen LogP contribution in [-0.4, -0.2) is 65.3 Å². The van der Waals surface area contributed by atoms with Crippen LogP contribution in [0, 0.1) is 19.8 Å². The Balaban J connectivity index is 1.49. The molecule has 2 aliphatic rings. The fourth-order valence-corrected chi connectivity index (χ4v) is 4.99. The zero-order chi connectivity index (χ0) is 19.8. The van der Waals surface area contributed by atoms with Crippen molar-refractivity contribution in [2.45, 2.75) is 38.8 Å². The molecule has 1 aromatic heterocycles. The van der Waals surface area contributed by atoms with Gasteiger partial charge in [0.15, 0.2) is 0 Å². The van der Waals surface area contributed by atoms with Gasteiger partial charge in [0.2, 0.25) is 5.91 Å². The molecule has 1 aromatic carbocycles. The van der Waals surface area contributed by atoms with Crippen LogP contribution in [0.25, 0.3) is 0 Å². The lowest BCUT2D eigenvalue weighted by Gasteiger charge is -2.38. The molecule has 2 aromatic rings. The fraction of sp³-hybridized carbons (Fsp3) is 0.545. The molecule has 1 amide bonds. The van der Waals surface area contributed by atoms with Crippen LogP contribution in [0.1, 0.15) is 29.3 Å². The van der Waals surface area contributed by atoms with Gasteiger partial charge in [-0.2, -0.15) is 5.10 Å². The number of amides is 1. The Morgan fingerprint density at radius 2 is 1.96 bits per heavy atom. The SMILES string of the molecule is COc1ccc([C@H]2CN(C)[C@@H]3CCN(C(=O)Cn4nc(C)cc4C)C[C@H]23)cc1. The summed E-state index contributed by atoms with van der Waals surface area (Å²) in [6.07, 6.45) is 1.04. The Labute approximate surface area is 167 Å². The summed E-state index contributed by atoms with van der Waals surface area (Å²) in [5.41, 5.74) is 3.34. The Bertz CT molecular complexity index is 845. The Kier molecular flexibility index (Phi) is 5.15. The smallest absolute Gasteiger partial charge is 0.244 e. The van der Waals surface area contributed by atoms with Crippen LogP contribution in [0.5, 0.6) is 5.75 Å². The molecule has 3 atom stereocenters. The molecular weight excluding hydrogens is 352 g/mol. The van der Waals surface area contributed by atoms with E-state index in [1.165, 1.54) is 5.56 Å². The number of hydrogen-bond acceptors (Lipinski definition) is 4. The van der Waals surface area contributed by atoms with Crippen LogP contribution in [0.15, 0.2) is 30.3 Å². The molecule has 0 spiro atoms. The number of rotatable bonds is 4. The second-order valence-electron chi connectivity index (χ2n) is 8.26. The summed E-state index contributed by atoms with van der Waals surface area (Å²) in [6, 6.07) is 11.0. The normalized spacial score (nSPS) is 25.0. The van der Waals surface area contributed by atoms with Crippen molar-refractivity contribution in [3.05, 3.63) is 47.3 Å². The summed E-state index contributed by atoms with van der Waals surface area (Å²) >= 11 is 0. The number of hydrogen-bond donors (Lipinski definition) is 0. The maximum absolute atomic E-state index is 13.0. The average Bonchev–Trinajstić information content (AvgIpc) is 3.20. The van der Waals surface area contributed by atoms with Gasteiger partial charge >= 0.3 is 0 Å². The van der Waals surface area contributed by atoms with Crippen LogP contribution < -0.4 is 4.74 Å². The minimum Gasteiger partial charge on any atom is -0.497 e. The number of likely N-dealkylation sites (N-methyl/N-ethyl adjacent to an activating group) is 1. The van der Waals surface area contributed by atoms with Crippen molar-refractivity contribution in [3.8, 4) is 5.75 Å². The number of piperidine rings is 1. The standard InChI is InChI=1S/C22H30N4O2/c1-15-11-16(2)26(23-15)14-22(27)25-10-9-21-20(13-25)19(12-24(21)3)17-5-7-18(28-4)8-6-17/h5-8,11,19-21H,9-10,12-14H2,1-4H3/t19-,20-,21-/m1/s1.